The molecule has 1 aliphatic heterocycles. The second-order valence-corrected chi connectivity index (χ2v) is 7.05. The van der Waals surface area contributed by atoms with Crippen molar-refractivity contribution in [3.05, 3.63) is 52.4 Å². The Hall–Kier alpha value is -2.32. The molecule has 0 bridgehead atoms. The summed E-state index contributed by atoms with van der Waals surface area (Å²) in [7, 11) is 1.73. The first-order valence-electron chi connectivity index (χ1n) is 8.72. The Morgan fingerprint density at radius 1 is 1.19 bits per heavy atom. The SMILES string of the molecule is CN(Cc1ccccc1N1CCOCC1)C(=O)CNC(=O)c1ccc(Br)o1. The molecule has 1 aliphatic rings. The number of morpholine rings is 1. The molecule has 8 heteroatoms. The maximum absolute atomic E-state index is 12.4. The molecular weight excluding hydrogens is 414 g/mol. The standard InChI is InChI=1S/C19H22BrN3O4/c1-22(18(24)12-21-19(25)16-6-7-17(20)27-16)13-14-4-2-3-5-15(14)23-8-10-26-11-9-23/h2-7H,8-13H2,1H3,(H,21,25). The van der Waals surface area contributed by atoms with Gasteiger partial charge in [0.05, 0.1) is 19.8 Å². The molecule has 0 radical (unpaired) electrons. The first kappa shape index (κ1) is 19.4. The van der Waals surface area contributed by atoms with Crippen molar-refractivity contribution in [3.8, 4) is 0 Å². The normalized spacial score (nSPS) is 14.1. The van der Waals surface area contributed by atoms with Gasteiger partial charge < -0.3 is 24.3 Å². The summed E-state index contributed by atoms with van der Waals surface area (Å²) in [4.78, 5) is 28.3. The van der Waals surface area contributed by atoms with Gasteiger partial charge in [0.25, 0.3) is 5.91 Å². The predicted octanol–water partition coefficient (Wildman–Crippen LogP) is 2.27. The van der Waals surface area contributed by atoms with Crippen LogP contribution in [0, 0.1) is 0 Å². The number of amides is 2. The van der Waals surface area contributed by atoms with E-state index >= 15 is 0 Å². The van der Waals surface area contributed by atoms with Gasteiger partial charge in [-0.2, -0.15) is 0 Å². The van der Waals surface area contributed by atoms with Gasteiger partial charge in [0, 0.05) is 32.4 Å². The Kier molecular flexibility index (Phi) is 6.52. The van der Waals surface area contributed by atoms with E-state index < -0.39 is 5.91 Å². The van der Waals surface area contributed by atoms with Crippen molar-refractivity contribution in [1.82, 2.24) is 10.2 Å². The van der Waals surface area contributed by atoms with Crippen LogP contribution in [0.5, 0.6) is 0 Å². The Bertz CT molecular complexity index is 802. The molecular formula is C19H22BrN3O4. The number of halogens is 1. The smallest absolute Gasteiger partial charge is 0.287 e. The summed E-state index contributed by atoms with van der Waals surface area (Å²) in [6.45, 7) is 3.46. The van der Waals surface area contributed by atoms with Crippen LogP contribution in [0.2, 0.25) is 0 Å². The number of carbonyl (C=O) groups excluding carboxylic acids is 2. The highest BCUT2D eigenvalue weighted by atomic mass is 79.9. The van der Waals surface area contributed by atoms with Gasteiger partial charge in [-0.1, -0.05) is 18.2 Å². The fraction of sp³-hybridized carbons (Fsp3) is 0.368. The van der Waals surface area contributed by atoms with Crippen molar-refractivity contribution in [3.63, 3.8) is 0 Å². The average molecular weight is 436 g/mol. The number of ether oxygens (including phenoxy) is 1. The van der Waals surface area contributed by atoms with Crippen LogP contribution in [-0.2, 0) is 16.1 Å². The minimum atomic E-state index is -0.420. The first-order chi connectivity index (χ1) is 13.0. The monoisotopic (exact) mass is 435 g/mol. The topological polar surface area (TPSA) is 75.0 Å². The Labute approximate surface area is 166 Å². The summed E-state index contributed by atoms with van der Waals surface area (Å²) in [5.74, 6) is -0.433. The van der Waals surface area contributed by atoms with E-state index in [2.05, 4.69) is 32.2 Å². The van der Waals surface area contributed by atoms with E-state index in [1.807, 2.05) is 18.2 Å². The molecule has 0 atom stereocenters. The average Bonchev–Trinajstić information content (AvgIpc) is 3.13. The Morgan fingerprint density at radius 3 is 2.63 bits per heavy atom. The lowest BCUT2D eigenvalue weighted by Crippen LogP contribution is -2.39. The molecule has 1 N–H and O–H groups in total. The van der Waals surface area contributed by atoms with Crippen LogP contribution >= 0.6 is 15.9 Å². The second kappa shape index (κ2) is 9.05. The zero-order chi connectivity index (χ0) is 19.2. The zero-order valence-corrected chi connectivity index (χ0v) is 16.7. The molecule has 0 aliphatic carbocycles. The van der Waals surface area contributed by atoms with Crippen LogP contribution in [0.25, 0.3) is 0 Å². The predicted molar refractivity (Wildman–Crippen MR) is 105 cm³/mol. The van der Waals surface area contributed by atoms with E-state index in [9.17, 15) is 9.59 Å². The van der Waals surface area contributed by atoms with Gasteiger partial charge in [-0.25, -0.2) is 0 Å². The number of benzene rings is 1. The van der Waals surface area contributed by atoms with Crippen molar-refractivity contribution in [2.75, 3.05) is 44.8 Å². The number of nitrogens with one attached hydrogen (secondary N) is 1. The minimum absolute atomic E-state index is 0.0899. The number of hydrogen-bond acceptors (Lipinski definition) is 5. The van der Waals surface area contributed by atoms with Crippen LogP contribution < -0.4 is 10.2 Å². The van der Waals surface area contributed by atoms with Gasteiger partial charge >= 0.3 is 0 Å². The molecule has 1 aromatic carbocycles. The molecule has 2 amide bonds. The lowest BCUT2D eigenvalue weighted by molar-refractivity contribution is -0.129. The summed E-state index contributed by atoms with van der Waals surface area (Å²) in [6.07, 6.45) is 0. The third kappa shape index (κ3) is 5.11. The number of anilines is 1. The number of hydrogen-bond donors (Lipinski definition) is 1. The van der Waals surface area contributed by atoms with E-state index in [0.717, 1.165) is 24.3 Å². The summed E-state index contributed by atoms with van der Waals surface area (Å²) >= 11 is 3.15. The highest BCUT2D eigenvalue weighted by Crippen LogP contribution is 2.22. The van der Waals surface area contributed by atoms with Crippen LogP contribution in [0.3, 0.4) is 0 Å². The third-order valence-electron chi connectivity index (χ3n) is 4.37. The molecule has 3 rings (SSSR count). The number of furan rings is 1. The second-order valence-electron chi connectivity index (χ2n) is 6.26. The van der Waals surface area contributed by atoms with Crippen molar-refractivity contribution < 1.29 is 18.7 Å². The van der Waals surface area contributed by atoms with Gasteiger partial charge in [0.1, 0.15) is 0 Å². The van der Waals surface area contributed by atoms with E-state index in [4.69, 9.17) is 9.15 Å². The van der Waals surface area contributed by atoms with Crippen LogP contribution in [0.15, 0.2) is 45.5 Å². The maximum atomic E-state index is 12.4. The van der Waals surface area contributed by atoms with E-state index in [1.54, 1.807) is 24.1 Å². The fourth-order valence-electron chi connectivity index (χ4n) is 2.92. The number of carbonyl (C=O) groups is 2. The molecule has 2 heterocycles. The number of nitrogens with zero attached hydrogens (tertiary/aromatic N) is 2. The zero-order valence-electron chi connectivity index (χ0n) is 15.1. The minimum Gasteiger partial charge on any atom is -0.444 e. The largest absolute Gasteiger partial charge is 0.444 e. The van der Waals surface area contributed by atoms with Crippen LogP contribution in [-0.4, -0.2) is 56.6 Å². The van der Waals surface area contributed by atoms with E-state index in [1.165, 1.54) is 0 Å². The lowest BCUT2D eigenvalue weighted by Gasteiger charge is -2.31. The number of rotatable bonds is 6. The molecule has 1 fully saturated rings. The van der Waals surface area contributed by atoms with E-state index in [0.29, 0.717) is 24.4 Å². The summed E-state index contributed by atoms with van der Waals surface area (Å²) in [5.41, 5.74) is 2.18. The summed E-state index contributed by atoms with van der Waals surface area (Å²) in [5, 5.41) is 2.59. The summed E-state index contributed by atoms with van der Waals surface area (Å²) < 4.78 is 11.1. The van der Waals surface area contributed by atoms with Crippen LogP contribution in [0.1, 0.15) is 16.1 Å². The van der Waals surface area contributed by atoms with Gasteiger partial charge in [0.15, 0.2) is 10.4 Å². The van der Waals surface area contributed by atoms with Gasteiger partial charge in [-0.15, -0.1) is 0 Å². The molecule has 7 nitrogen and oxygen atoms in total. The molecule has 27 heavy (non-hydrogen) atoms. The van der Waals surface area contributed by atoms with Crippen molar-refractivity contribution in [2.45, 2.75) is 6.54 Å². The van der Waals surface area contributed by atoms with Gasteiger partial charge in [0.2, 0.25) is 5.91 Å². The molecule has 0 saturated carbocycles. The molecule has 0 unspecified atom stereocenters. The Balaban J connectivity index is 1.57. The number of likely N-dealkylation sites (N-methyl/N-ethyl adjacent to an activating group) is 1. The third-order valence-corrected chi connectivity index (χ3v) is 4.80. The fourth-order valence-corrected chi connectivity index (χ4v) is 3.22. The van der Waals surface area contributed by atoms with Gasteiger partial charge in [-0.05, 0) is 39.7 Å². The maximum Gasteiger partial charge on any atom is 0.287 e. The number of para-hydroxylation sites is 1. The molecule has 1 saturated heterocycles. The molecule has 2 aromatic rings. The highest BCUT2D eigenvalue weighted by Gasteiger charge is 2.18. The molecule has 0 spiro atoms. The Morgan fingerprint density at radius 2 is 1.93 bits per heavy atom. The lowest BCUT2D eigenvalue weighted by atomic mass is 10.1. The van der Waals surface area contributed by atoms with E-state index in [-0.39, 0.29) is 18.2 Å². The molecule has 144 valence electrons. The summed E-state index contributed by atoms with van der Waals surface area (Å²) in [6, 6.07) is 11.2. The molecule has 1 aromatic heterocycles. The van der Waals surface area contributed by atoms with Crippen LogP contribution in [0.4, 0.5) is 5.69 Å². The first-order valence-corrected chi connectivity index (χ1v) is 9.52. The quantitative estimate of drug-likeness (QED) is 0.752. The van der Waals surface area contributed by atoms with Crippen molar-refractivity contribution in [1.29, 1.82) is 0 Å². The van der Waals surface area contributed by atoms with Gasteiger partial charge in [-0.3, -0.25) is 9.59 Å². The highest BCUT2D eigenvalue weighted by molar-refractivity contribution is 9.10. The van der Waals surface area contributed by atoms with Crippen molar-refractivity contribution in [2.24, 2.45) is 0 Å². The van der Waals surface area contributed by atoms with Crippen molar-refractivity contribution >= 4 is 33.4 Å².